The van der Waals surface area contributed by atoms with Gasteiger partial charge >= 0.3 is 0 Å². The molecule has 0 aliphatic heterocycles. The van der Waals surface area contributed by atoms with Gasteiger partial charge < -0.3 is 0 Å². The lowest BCUT2D eigenvalue weighted by Gasteiger charge is -2.33. The van der Waals surface area contributed by atoms with Crippen molar-refractivity contribution in [2.24, 2.45) is 11.3 Å². The Hall–Kier alpha value is -0.550. The van der Waals surface area contributed by atoms with Crippen molar-refractivity contribution in [1.29, 1.82) is 0 Å². The maximum atomic E-state index is 10.4. The van der Waals surface area contributed by atoms with Gasteiger partial charge in [0.1, 0.15) is 5.94 Å². The fourth-order valence-electron chi connectivity index (χ4n) is 1.93. The molecule has 0 unspecified atom stereocenters. The van der Waals surface area contributed by atoms with E-state index in [1.807, 2.05) is 19.8 Å². The Morgan fingerprint density at radius 2 is 1.57 bits per heavy atom. The molecule has 1 fully saturated rings. The first-order valence-corrected chi connectivity index (χ1v) is 5.77. The molecule has 0 aromatic rings. The zero-order chi connectivity index (χ0) is 11.2. The van der Waals surface area contributed by atoms with E-state index in [2.05, 4.69) is 20.8 Å². The molecular formula is C13H24O. The van der Waals surface area contributed by atoms with E-state index in [9.17, 15) is 4.79 Å². The van der Waals surface area contributed by atoms with Crippen molar-refractivity contribution in [1.82, 2.24) is 0 Å². The highest BCUT2D eigenvalue weighted by Crippen LogP contribution is 2.38. The average Bonchev–Trinajstić information content (AvgIpc) is 2.20. The number of hydrogen-bond acceptors (Lipinski definition) is 1. The molecule has 14 heavy (non-hydrogen) atoms. The van der Waals surface area contributed by atoms with Crippen LogP contribution < -0.4 is 0 Å². The Morgan fingerprint density at radius 3 is 1.86 bits per heavy atom. The van der Waals surface area contributed by atoms with Gasteiger partial charge in [-0.15, -0.1) is 0 Å². The van der Waals surface area contributed by atoms with Crippen molar-refractivity contribution in [3.05, 3.63) is 5.57 Å². The third-order valence-corrected chi connectivity index (χ3v) is 2.96. The monoisotopic (exact) mass is 196 g/mol. The summed E-state index contributed by atoms with van der Waals surface area (Å²) in [5.41, 5.74) is 1.41. The van der Waals surface area contributed by atoms with Crippen molar-refractivity contribution in [2.45, 2.75) is 60.3 Å². The van der Waals surface area contributed by atoms with Gasteiger partial charge in [-0.1, -0.05) is 34.6 Å². The zero-order valence-electron chi connectivity index (χ0n) is 10.3. The predicted molar refractivity (Wildman–Crippen MR) is 62.0 cm³/mol. The van der Waals surface area contributed by atoms with Crippen molar-refractivity contribution < 1.29 is 4.79 Å². The summed E-state index contributed by atoms with van der Waals surface area (Å²) in [5, 5.41) is 0. The van der Waals surface area contributed by atoms with Gasteiger partial charge in [-0.05, 0) is 37.0 Å². The zero-order valence-corrected chi connectivity index (χ0v) is 10.3. The van der Waals surface area contributed by atoms with Gasteiger partial charge in [0.15, 0.2) is 0 Å². The molecule has 0 N–H and O–H groups in total. The molecule has 0 bridgehead atoms. The van der Waals surface area contributed by atoms with Gasteiger partial charge in [0, 0.05) is 5.57 Å². The second-order valence-electron chi connectivity index (χ2n) is 4.85. The standard InChI is InChI=1S/C11H18O.C2H6/c1-11(2,3)10-6-4-9(8-12)5-7-10;1-2/h10H,4-7H2,1-3H3;1-2H3. The minimum atomic E-state index is 0.411. The van der Waals surface area contributed by atoms with Crippen LogP contribution in [-0.4, -0.2) is 5.94 Å². The van der Waals surface area contributed by atoms with E-state index in [-0.39, 0.29) is 0 Å². The molecule has 0 aromatic carbocycles. The molecule has 0 heterocycles. The first-order valence-electron chi connectivity index (χ1n) is 5.77. The quantitative estimate of drug-likeness (QED) is 0.535. The number of rotatable bonds is 0. The van der Waals surface area contributed by atoms with Crippen molar-refractivity contribution in [3.8, 4) is 0 Å². The molecule has 0 amide bonds. The molecule has 0 spiro atoms. The van der Waals surface area contributed by atoms with Gasteiger partial charge in [-0.2, -0.15) is 0 Å². The highest BCUT2D eigenvalue weighted by molar-refractivity contribution is 5.52. The lowest BCUT2D eigenvalue weighted by molar-refractivity contribution is 0.198. The molecular weight excluding hydrogens is 172 g/mol. The molecule has 0 aromatic heterocycles. The molecule has 1 aliphatic rings. The van der Waals surface area contributed by atoms with Crippen LogP contribution in [0.25, 0.3) is 0 Å². The maximum Gasteiger partial charge on any atom is 0.123 e. The Kier molecular flexibility index (Phi) is 5.79. The van der Waals surface area contributed by atoms with Crippen LogP contribution in [0.1, 0.15) is 60.3 Å². The summed E-state index contributed by atoms with van der Waals surface area (Å²) in [6, 6.07) is 0. The highest BCUT2D eigenvalue weighted by Gasteiger charge is 2.27. The maximum absolute atomic E-state index is 10.4. The largest absolute Gasteiger partial charge is 0.234 e. The Balaban J connectivity index is 0.000000791. The summed E-state index contributed by atoms with van der Waals surface area (Å²) in [7, 11) is 0. The summed E-state index contributed by atoms with van der Waals surface area (Å²) in [6.07, 6.45) is 4.30. The molecule has 1 heteroatoms. The summed E-state index contributed by atoms with van der Waals surface area (Å²) in [4.78, 5) is 10.4. The van der Waals surface area contributed by atoms with E-state index in [1.54, 1.807) is 0 Å². The van der Waals surface area contributed by atoms with E-state index >= 15 is 0 Å². The summed E-state index contributed by atoms with van der Waals surface area (Å²) < 4.78 is 0. The van der Waals surface area contributed by atoms with Crippen molar-refractivity contribution >= 4 is 5.94 Å². The number of carbonyl (C=O) groups excluding carboxylic acids is 1. The summed E-state index contributed by atoms with van der Waals surface area (Å²) in [6.45, 7) is 10.9. The minimum absolute atomic E-state index is 0.411. The van der Waals surface area contributed by atoms with Gasteiger partial charge in [-0.3, -0.25) is 0 Å². The first-order chi connectivity index (χ1) is 6.54. The van der Waals surface area contributed by atoms with Crippen LogP contribution in [0, 0.1) is 11.3 Å². The Bertz CT molecular complexity index is 194. The molecule has 82 valence electrons. The lowest BCUT2D eigenvalue weighted by Crippen LogP contribution is -2.23. The molecule has 1 rings (SSSR count). The number of hydrogen-bond donors (Lipinski definition) is 0. The highest BCUT2D eigenvalue weighted by atomic mass is 16.1. The van der Waals surface area contributed by atoms with E-state index in [4.69, 9.17) is 0 Å². The fraction of sp³-hybridized carbons (Fsp3) is 0.846. The van der Waals surface area contributed by atoms with E-state index in [0.29, 0.717) is 5.41 Å². The van der Waals surface area contributed by atoms with Crippen LogP contribution >= 0.6 is 0 Å². The number of allylic oxidation sites excluding steroid dienone is 1. The predicted octanol–water partition coefficient (Wildman–Crippen LogP) is 4.01. The third kappa shape index (κ3) is 4.11. The SMILES string of the molecule is CC.CC(C)(C)C1CCC(=C=O)CC1. The van der Waals surface area contributed by atoms with E-state index in [1.165, 1.54) is 12.8 Å². The van der Waals surface area contributed by atoms with E-state index in [0.717, 1.165) is 24.3 Å². The smallest absolute Gasteiger partial charge is 0.123 e. The molecule has 0 radical (unpaired) electrons. The van der Waals surface area contributed by atoms with Gasteiger partial charge in [0.25, 0.3) is 0 Å². The second-order valence-corrected chi connectivity index (χ2v) is 4.85. The minimum Gasteiger partial charge on any atom is -0.234 e. The van der Waals surface area contributed by atoms with Gasteiger partial charge in [0.2, 0.25) is 0 Å². The van der Waals surface area contributed by atoms with Crippen LogP contribution in [0.5, 0.6) is 0 Å². The molecule has 0 atom stereocenters. The molecule has 1 saturated carbocycles. The van der Waals surface area contributed by atoms with Gasteiger partial charge in [0.05, 0.1) is 0 Å². The summed E-state index contributed by atoms with van der Waals surface area (Å²) in [5.74, 6) is 2.83. The Labute approximate surface area is 88.6 Å². The Morgan fingerprint density at radius 1 is 1.14 bits per heavy atom. The van der Waals surface area contributed by atoms with Crippen molar-refractivity contribution in [2.75, 3.05) is 0 Å². The van der Waals surface area contributed by atoms with Crippen LogP contribution in [0.15, 0.2) is 5.57 Å². The van der Waals surface area contributed by atoms with Crippen LogP contribution in [0.3, 0.4) is 0 Å². The second kappa shape index (κ2) is 6.03. The van der Waals surface area contributed by atoms with E-state index < -0.39 is 0 Å². The fourth-order valence-corrected chi connectivity index (χ4v) is 1.93. The molecule has 1 aliphatic carbocycles. The molecule has 0 saturated heterocycles. The van der Waals surface area contributed by atoms with Crippen LogP contribution in [-0.2, 0) is 4.79 Å². The topological polar surface area (TPSA) is 17.1 Å². The lowest BCUT2D eigenvalue weighted by atomic mass is 9.71. The third-order valence-electron chi connectivity index (χ3n) is 2.96. The first kappa shape index (κ1) is 13.4. The summed E-state index contributed by atoms with van der Waals surface area (Å²) >= 11 is 0. The average molecular weight is 196 g/mol. The van der Waals surface area contributed by atoms with Crippen molar-refractivity contribution in [3.63, 3.8) is 0 Å². The van der Waals surface area contributed by atoms with Gasteiger partial charge in [-0.25, -0.2) is 4.79 Å². The molecule has 1 nitrogen and oxygen atoms in total. The van der Waals surface area contributed by atoms with Crippen LogP contribution in [0.4, 0.5) is 0 Å². The normalized spacial score (nSPS) is 22.1. The van der Waals surface area contributed by atoms with Crippen LogP contribution in [0.2, 0.25) is 0 Å².